The quantitative estimate of drug-likeness (QED) is 0.235. The van der Waals surface area contributed by atoms with Gasteiger partial charge in [0.15, 0.2) is 11.6 Å². The number of benzene rings is 2. The van der Waals surface area contributed by atoms with Crippen LogP contribution in [0.25, 0.3) is 22.6 Å². The molecular weight excluding hydrogens is 610 g/mol. The van der Waals surface area contributed by atoms with E-state index in [4.69, 9.17) is 14.0 Å². The molecule has 6 rings (SSSR count). The molecule has 0 bridgehead atoms. The molecule has 1 N–H and O–H groups in total. The molecular formula is C32H35N7O6S. The third-order valence-electron chi connectivity index (χ3n) is 7.11. The Hall–Kier alpha value is -4.76. The van der Waals surface area contributed by atoms with Gasteiger partial charge in [-0.15, -0.1) is 0 Å². The van der Waals surface area contributed by atoms with Gasteiger partial charge in [-0.2, -0.15) is 18.6 Å². The van der Waals surface area contributed by atoms with Crippen molar-refractivity contribution >= 4 is 10.1 Å². The molecule has 13 nitrogen and oxygen atoms in total. The largest absolute Gasteiger partial charge is 0.489 e. The third-order valence-corrected chi connectivity index (χ3v) is 7.98. The summed E-state index contributed by atoms with van der Waals surface area (Å²) in [6.07, 6.45) is 6.98. The van der Waals surface area contributed by atoms with Crippen LogP contribution in [0.1, 0.15) is 11.1 Å². The normalized spacial score (nSPS) is 13.5. The second-order valence-corrected chi connectivity index (χ2v) is 12.1. The summed E-state index contributed by atoms with van der Waals surface area (Å²) >= 11 is 0. The van der Waals surface area contributed by atoms with E-state index in [0.717, 1.165) is 55.1 Å². The van der Waals surface area contributed by atoms with E-state index in [1.807, 2.05) is 44.4 Å². The minimum Gasteiger partial charge on any atom is -0.489 e. The molecule has 0 aliphatic carbocycles. The summed E-state index contributed by atoms with van der Waals surface area (Å²) in [6.45, 7) is 7.03. The first-order valence-electron chi connectivity index (χ1n) is 14.6. The van der Waals surface area contributed by atoms with Crippen molar-refractivity contribution in [1.29, 1.82) is 0 Å². The van der Waals surface area contributed by atoms with Crippen molar-refractivity contribution in [2.45, 2.75) is 18.4 Å². The van der Waals surface area contributed by atoms with Crippen molar-refractivity contribution in [3.8, 4) is 28.4 Å². The average molecular weight is 646 g/mol. The zero-order valence-corrected chi connectivity index (χ0v) is 26.4. The van der Waals surface area contributed by atoms with E-state index >= 15 is 0 Å². The summed E-state index contributed by atoms with van der Waals surface area (Å²) in [5.74, 6) is 1.23. The van der Waals surface area contributed by atoms with Gasteiger partial charge in [0.2, 0.25) is 0 Å². The van der Waals surface area contributed by atoms with Gasteiger partial charge in [-0.05, 0) is 36.8 Å². The summed E-state index contributed by atoms with van der Waals surface area (Å²) in [6, 6.07) is 17.0. The lowest BCUT2D eigenvalue weighted by molar-refractivity contribution is 0.0322. The van der Waals surface area contributed by atoms with Crippen molar-refractivity contribution in [2.75, 3.05) is 39.5 Å². The van der Waals surface area contributed by atoms with E-state index in [1.54, 1.807) is 41.5 Å². The second kappa shape index (κ2) is 15.0. The molecule has 0 unspecified atom stereocenters. The van der Waals surface area contributed by atoms with Crippen LogP contribution in [0.5, 0.6) is 5.75 Å². The van der Waals surface area contributed by atoms with Crippen molar-refractivity contribution in [3.05, 3.63) is 107 Å². The molecule has 2 aromatic carbocycles. The fraction of sp³-hybridized carbons (Fsp3) is 0.281. The molecule has 1 saturated heterocycles. The maximum absolute atomic E-state index is 12.4. The van der Waals surface area contributed by atoms with Gasteiger partial charge in [0.1, 0.15) is 6.61 Å². The Balaban J connectivity index is 0.000000322. The molecule has 0 saturated carbocycles. The van der Waals surface area contributed by atoms with Crippen LogP contribution in [-0.2, 0) is 28.4 Å². The SMILES string of the molecule is Cc1ccc(S(=O)(=O)O)cc1.Cn1cc(-c2ccc(=O)n(Cc3cccc(-c4ncc(OCCN5CCOCC5)cn4)c3)n2)cn1. The number of hydrogen-bond acceptors (Lipinski definition) is 10. The van der Waals surface area contributed by atoms with Crippen LogP contribution < -0.4 is 10.3 Å². The number of ether oxygens (including phenoxy) is 2. The van der Waals surface area contributed by atoms with E-state index in [9.17, 15) is 13.2 Å². The van der Waals surface area contributed by atoms with Gasteiger partial charge >= 0.3 is 0 Å². The topological polar surface area (TPSA) is 155 Å². The summed E-state index contributed by atoms with van der Waals surface area (Å²) < 4.78 is 43.9. The predicted octanol–water partition coefficient (Wildman–Crippen LogP) is 3.10. The van der Waals surface area contributed by atoms with Crippen molar-refractivity contribution < 1.29 is 22.4 Å². The van der Waals surface area contributed by atoms with Crippen LogP contribution in [0.3, 0.4) is 0 Å². The average Bonchev–Trinajstić information content (AvgIpc) is 3.49. The molecule has 46 heavy (non-hydrogen) atoms. The summed E-state index contributed by atoms with van der Waals surface area (Å²) in [5.41, 5.74) is 4.13. The molecule has 240 valence electrons. The van der Waals surface area contributed by atoms with Crippen LogP contribution in [0.4, 0.5) is 0 Å². The molecule has 0 amide bonds. The first-order valence-corrected chi connectivity index (χ1v) is 16.0. The maximum atomic E-state index is 12.4. The van der Waals surface area contributed by atoms with E-state index < -0.39 is 10.1 Å². The molecule has 14 heteroatoms. The lowest BCUT2D eigenvalue weighted by Crippen LogP contribution is -2.38. The number of aryl methyl sites for hydroxylation is 2. The fourth-order valence-corrected chi connectivity index (χ4v) is 5.10. The maximum Gasteiger partial charge on any atom is 0.294 e. The Labute approximate surface area is 266 Å². The minimum absolute atomic E-state index is 0.0666. The zero-order valence-electron chi connectivity index (χ0n) is 25.6. The Kier molecular flexibility index (Phi) is 10.6. The van der Waals surface area contributed by atoms with Crippen LogP contribution in [0, 0.1) is 6.92 Å². The lowest BCUT2D eigenvalue weighted by atomic mass is 10.1. The summed E-state index contributed by atoms with van der Waals surface area (Å²) in [4.78, 5) is 23.6. The fourth-order valence-electron chi connectivity index (χ4n) is 4.62. The molecule has 0 atom stereocenters. The highest BCUT2D eigenvalue weighted by molar-refractivity contribution is 7.85. The molecule has 5 aromatic rings. The van der Waals surface area contributed by atoms with E-state index in [1.165, 1.54) is 22.9 Å². The van der Waals surface area contributed by atoms with Gasteiger partial charge in [0, 0.05) is 50.1 Å². The highest BCUT2D eigenvalue weighted by atomic mass is 32.2. The van der Waals surface area contributed by atoms with Crippen LogP contribution in [0.2, 0.25) is 0 Å². The summed E-state index contributed by atoms with van der Waals surface area (Å²) in [7, 11) is -2.18. The Morgan fingerprint density at radius 1 is 0.957 bits per heavy atom. The van der Waals surface area contributed by atoms with Gasteiger partial charge in [-0.1, -0.05) is 35.9 Å². The van der Waals surface area contributed by atoms with Crippen molar-refractivity contribution in [1.82, 2.24) is 34.4 Å². The Bertz CT molecular complexity index is 1900. The van der Waals surface area contributed by atoms with E-state index in [-0.39, 0.29) is 10.5 Å². The van der Waals surface area contributed by atoms with Crippen LogP contribution in [0.15, 0.2) is 95.1 Å². The zero-order chi connectivity index (χ0) is 32.5. The minimum atomic E-state index is -4.02. The van der Waals surface area contributed by atoms with Crippen LogP contribution >= 0.6 is 0 Å². The van der Waals surface area contributed by atoms with Gasteiger partial charge in [-0.3, -0.25) is 18.9 Å². The van der Waals surface area contributed by atoms with Gasteiger partial charge in [-0.25, -0.2) is 14.6 Å². The molecule has 1 fully saturated rings. The van der Waals surface area contributed by atoms with Crippen molar-refractivity contribution in [2.24, 2.45) is 7.05 Å². The Morgan fingerprint density at radius 3 is 2.37 bits per heavy atom. The van der Waals surface area contributed by atoms with E-state index in [2.05, 4.69) is 25.1 Å². The summed E-state index contributed by atoms with van der Waals surface area (Å²) in [5, 5.41) is 8.70. The Morgan fingerprint density at radius 2 is 1.70 bits per heavy atom. The van der Waals surface area contributed by atoms with Gasteiger partial charge in [0.25, 0.3) is 15.7 Å². The first-order chi connectivity index (χ1) is 22.1. The molecule has 1 aliphatic rings. The molecule has 0 spiro atoms. The van der Waals surface area contributed by atoms with E-state index in [0.29, 0.717) is 30.4 Å². The van der Waals surface area contributed by atoms with Crippen molar-refractivity contribution in [3.63, 3.8) is 0 Å². The lowest BCUT2D eigenvalue weighted by Gasteiger charge is -2.26. The highest BCUT2D eigenvalue weighted by Crippen LogP contribution is 2.19. The third kappa shape index (κ3) is 9.14. The molecule has 4 heterocycles. The standard InChI is InChI=1S/C25H27N7O3.C7H8O3S/c1-30-18-21(14-28-30)23-5-6-24(33)32(29-23)17-19-3-2-4-20(13-19)25-26-15-22(16-27-25)35-12-9-31-7-10-34-11-8-31;1-6-2-4-7(5-3-6)11(8,9)10/h2-6,13-16,18H,7-12,17H2,1H3;2-5H,1H3,(H,8,9,10). The number of hydrogen-bond donors (Lipinski definition) is 1. The number of nitrogens with zero attached hydrogens (tertiary/aromatic N) is 7. The highest BCUT2D eigenvalue weighted by Gasteiger charge is 2.11. The molecule has 1 aliphatic heterocycles. The number of rotatable bonds is 9. The van der Waals surface area contributed by atoms with Crippen LogP contribution in [-0.4, -0.2) is 86.9 Å². The monoisotopic (exact) mass is 645 g/mol. The predicted molar refractivity (Wildman–Crippen MR) is 171 cm³/mol. The van der Waals surface area contributed by atoms with Gasteiger partial charge < -0.3 is 9.47 Å². The number of morpholine rings is 1. The second-order valence-electron chi connectivity index (χ2n) is 10.7. The molecule has 0 radical (unpaired) electrons. The first kappa shape index (κ1) is 32.6. The van der Waals surface area contributed by atoms with Gasteiger partial charge in [0.05, 0.1) is 48.9 Å². The smallest absolute Gasteiger partial charge is 0.294 e. The number of aromatic nitrogens is 6. The molecule has 3 aromatic heterocycles.